The van der Waals surface area contributed by atoms with E-state index in [4.69, 9.17) is 16.6 Å². The first-order chi connectivity index (χ1) is 8.32. The highest BCUT2D eigenvalue weighted by atomic mass is 16.4. The number of nitrogens with two attached hydrogens (primary N) is 2. The zero-order valence-corrected chi connectivity index (χ0v) is 10.9. The van der Waals surface area contributed by atoms with Gasteiger partial charge in [-0.05, 0) is 19.4 Å². The van der Waals surface area contributed by atoms with E-state index >= 15 is 0 Å². The van der Waals surface area contributed by atoms with Gasteiger partial charge in [0.05, 0.1) is 12.0 Å². The fourth-order valence-electron chi connectivity index (χ4n) is 1.49. The van der Waals surface area contributed by atoms with Crippen LogP contribution in [-0.2, 0) is 14.4 Å². The van der Waals surface area contributed by atoms with Crippen molar-refractivity contribution in [1.29, 1.82) is 0 Å². The highest BCUT2D eigenvalue weighted by Gasteiger charge is 2.32. The molecule has 18 heavy (non-hydrogen) atoms. The third kappa shape index (κ3) is 4.93. The molecule has 0 fully saturated rings. The lowest BCUT2D eigenvalue weighted by Gasteiger charge is -2.16. The molecule has 0 heterocycles. The van der Waals surface area contributed by atoms with Crippen molar-refractivity contribution >= 4 is 17.5 Å². The minimum atomic E-state index is -1.10. The number of carbonyl (C=O) groups is 3. The Bertz CT molecular complexity index is 317. The SMILES string of the molecule is CC(C(=O)O)C(C)C(=O)C(=O)[C@@H](N)CCCCN. The van der Waals surface area contributed by atoms with Gasteiger partial charge in [-0.1, -0.05) is 20.3 Å². The quantitative estimate of drug-likeness (QED) is 0.393. The first kappa shape index (κ1) is 16.7. The van der Waals surface area contributed by atoms with Crippen LogP contribution in [0.15, 0.2) is 0 Å². The number of hydrogen-bond acceptors (Lipinski definition) is 5. The van der Waals surface area contributed by atoms with Crippen molar-refractivity contribution in [3.05, 3.63) is 0 Å². The van der Waals surface area contributed by atoms with Crippen LogP contribution < -0.4 is 11.5 Å². The van der Waals surface area contributed by atoms with E-state index in [2.05, 4.69) is 0 Å². The molecule has 0 aliphatic rings. The average molecular weight is 258 g/mol. The van der Waals surface area contributed by atoms with E-state index in [9.17, 15) is 14.4 Å². The number of aliphatic carboxylic acids is 1. The van der Waals surface area contributed by atoms with Gasteiger partial charge in [-0.3, -0.25) is 14.4 Å². The predicted molar refractivity (Wildman–Crippen MR) is 66.9 cm³/mol. The van der Waals surface area contributed by atoms with Crippen molar-refractivity contribution in [3.8, 4) is 0 Å². The Kier molecular flexibility index (Phi) is 7.38. The van der Waals surface area contributed by atoms with Gasteiger partial charge in [-0.2, -0.15) is 0 Å². The van der Waals surface area contributed by atoms with Crippen LogP contribution >= 0.6 is 0 Å². The summed E-state index contributed by atoms with van der Waals surface area (Å²) >= 11 is 0. The van der Waals surface area contributed by atoms with Crippen molar-refractivity contribution < 1.29 is 19.5 Å². The minimum Gasteiger partial charge on any atom is -0.481 e. The Morgan fingerprint density at radius 3 is 2.06 bits per heavy atom. The topological polar surface area (TPSA) is 123 Å². The zero-order valence-electron chi connectivity index (χ0n) is 10.9. The highest BCUT2D eigenvalue weighted by Crippen LogP contribution is 2.14. The van der Waals surface area contributed by atoms with Gasteiger partial charge >= 0.3 is 5.97 Å². The molecule has 0 bridgehead atoms. The molecule has 0 aromatic carbocycles. The second-order valence-corrected chi connectivity index (χ2v) is 4.54. The van der Waals surface area contributed by atoms with E-state index in [0.29, 0.717) is 19.4 Å². The maximum atomic E-state index is 11.7. The van der Waals surface area contributed by atoms with Crippen LogP contribution in [0.1, 0.15) is 33.1 Å². The summed E-state index contributed by atoms with van der Waals surface area (Å²) in [5, 5.41) is 8.79. The molecular formula is C12H22N2O4. The first-order valence-electron chi connectivity index (χ1n) is 6.09. The van der Waals surface area contributed by atoms with Crippen molar-refractivity contribution in [2.24, 2.45) is 23.3 Å². The van der Waals surface area contributed by atoms with Crippen molar-refractivity contribution in [3.63, 3.8) is 0 Å². The van der Waals surface area contributed by atoms with Gasteiger partial charge in [-0.15, -0.1) is 0 Å². The lowest BCUT2D eigenvalue weighted by Crippen LogP contribution is -2.41. The maximum Gasteiger partial charge on any atom is 0.306 e. The van der Waals surface area contributed by atoms with Crippen LogP contribution in [0.3, 0.4) is 0 Å². The molecule has 0 rings (SSSR count). The molecule has 0 aliphatic heterocycles. The molecule has 5 N–H and O–H groups in total. The van der Waals surface area contributed by atoms with E-state index in [-0.39, 0.29) is 0 Å². The van der Waals surface area contributed by atoms with Gasteiger partial charge in [0.2, 0.25) is 11.6 Å². The van der Waals surface area contributed by atoms with Gasteiger partial charge in [-0.25, -0.2) is 0 Å². The standard InChI is InChI=1S/C12H22N2O4/c1-7(8(2)12(17)18)10(15)11(16)9(14)5-3-4-6-13/h7-9H,3-6,13-14H2,1-2H3,(H,17,18)/t7?,8?,9-/m0/s1. The fourth-order valence-corrected chi connectivity index (χ4v) is 1.49. The number of carbonyl (C=O) groups excluding carboxylic acids is 2. The van der Waals surface area contributed by atoms with E-state index in [1.54, 1.807) is 0 Å². The molecule has 2 unspecified atom stereocenters. The second-order valence-electron chi connectivity index (χ2n) is 4.54. The molecule has 0 radical (unpaired) electrons. The van der Waals surface area contributed by atoms with Gasteiger partial charge < -0.3 is 16.6 Å². The van der Waals surface area contributed by atoms with Crippen LogP contribution in [0.2, 0.25) is 0 Å². The Morgan fingerprint density at radius 1 is 1.06 bits per heavy atom. The van der Waals surface area contributed by atoms with Gasteiger partial charge in [0.15, 0.2) is 0 Å². The Hall–Kier alpha value is -1.27. The van der Waals surface area contributed by atoms with E-state index in [0.717, 1.165) is 6.42 Å². The number of hydrogen-bond donors (Lipinski definition) is 3. The van der Waals surface area contributed by atoms with Crippen molar-refractivity contribution in [2.45, 2.75) is 39.2 Å². The lowest BCUT2D eigenvalue weighted by atomic mass is 9.87. The summed E-state index contributed by atoms with van der Waals surface area (Å²) in [6.07, 6.45) is 1.83. The summed E-state index contributed by atoms with van der Waals surface area (Å²) in [7, 11) is 0. The van der Waals surface area contributed by atoms with Gasteiger partial charge in [0, 0.05) is 5.92 Å². The zero-order chi connectivity index (χ0) is 14.3. The Morgan fingerprint density at radius 2 is 1.61 bits per heavy atom. The summed E-state index contributed by atoms with van der Waals surface area (Å²) in [4.78, 5) is 34.2. The third-order valence-electron chi connectivity index (χ3n) is 3.10. The number of Topliss-reactive ketones (excluding diaryl/α,β-unsaturated/α-hetero) is 2. The summed E-state index contributed by atoms with van der Waals surface area (Å²) in [5.41, 5.74) is 10.9. The lowest BCUT2D eigenvalue weighted by molar-refractivity contribution is -0.148. The summed E-state index contributed by atoms with van der Waals surface area (Å²) < 4.78 is 0. The molecule has 0 saturated heterocycles. The molecule has 0 spiro atoms. The monoisotopic (exact) mass is 258 g/mol. The maximum absolute atomic E-state index is 11.7. The van der Waals surface area contributed by atoms with Crippen LogP contribution in [0.5, 0.6) is 0 Å². The van der Waals surface area contributed by atoms with E-state index in [1.807, 2.05) is 0 Å². The number of carboxylic acids is 1. The molecule has 0 amide bonds. The molecule has 6 nitrogen and oxygen atoms in total. The number of ketones is 2. The smallest absolute Gasteiger partial charge is 0.306 e. The first-order valence-corrected chi connectivity index (χ1v) is 6.09. The number of carboxylic acid groups (broad SMARTS) is 1. The molecule has 104 valence electrons. The molecule has 0 saturated carbocycles. The van der Waals surface area contributed by atoms with Crippen molar-refractivity contribution in [1.82, 2.24) is 0 Å². The molecular weight excluding hydrogens is 236 g/mol. The third-order valence-corrected chi connectivity index (χ3v) is 3.10. The minimum absolute atomic E-state index is 0.399. The highest BCUT2D eigenvalue weighted by molar-refractivity contribution is 6.40. The van der Waals surface area contributed by atoms with Gasteiger partial charge in [0.25, 0.3) is 0 Å². The average Bonchev–Trinajstić information content (AvgIpc) is 2.35. The van der Waals surface area contributed by atoms with E-state index < -0.39 is 35.4 Å². The Balaban J connectivity index is 4.40. The summed E-state index contributed by atoms with van der Waals surface area (Å²) in [5.74, 6) is -4.23. The second kappa shape index (κ2) is 7.94. The van der Waals surface area contributed by atoms with Crippen molar-refractivity contribution in [2.75, 3.05) is 6.54 Å². The summed E-state index contributed by atoms with van der Waals surface area (Å²) in [6, 6.07) is -0.854. The van der Waals surface area contributed by atoms with Gasteiger partial charge in [0.1, 0.15) is 0 Å². The summed E-state index contributed by atoms with van der Waals surface area (Å²) in [6.45, 7) is 3.35. The van der Waals surface area contributed by atoms with Crippen LogP contribution in [0, 0.1) is 11.8 Å². The molecule has 0 aromatic heterocycles. The largest absolute Gasteiger partial charge is 0.481 e. The predicted octanol–water partition coefficient (Wildman–Crippen LogP) is -0.0623. The molecule has 3 atom stereocenters. The van der Waals surface area contributed by atoms with Crippen LogP contribution in [-0.4, -0.2) is 35.2 Å². The van der Waals surface area contributed by atoms with Crippen LogP contribution in [0.4, 0.5) is 0 Å². The molecule has 0 aromatic rings. The molecule has 0 aliphatic carbocycles. The fraction of sp³-hybridized carbons (Fsp3) is 0.750. The van der Waals surface area contributed by atoms with E-state index in [1.165, 1.54) is 13.8 Å². The number of rotatable bonds is 9. The Labute approximate surface area is 107 Å². The normalized spacial score (nSPS) is 15.8. The van der Waals surface area contributed by atoms with Crippen LogP contribution in [0.25, 0.3) is 0 Å². The molecule has 6 heteroatoms. The number of unbranched alkanes of at least 4 members (excludes halogenated alkanes) is 1.